The molecule has 3 rings (SSSR count). The normalized spacial score (nSPS) is 21.7. The molecule has 0 spiro atoms. The van der Waals surface area contributed by atoms with Crippen LogP contribution in [0.25, 0.3) is 0 Å². The number of aromatic nitrogens is 2. The van der Waals surface area contributed by atoms with Crippen molar-refractivity contribution in [3.8, 4) is 0 Å². The van der Waals surface area contributed by atoms with Crippen molar-refractivity contribution in [3.05, 3.63) is 23.8 Å². The molecular weight excluding hydrogens is 316 g/mol. The number of piperidine rings is 2. The molecule has 1 aromatic heterocycles. The highest BCUT2D eigenvalue weighted by atomic mass is 16.4. The fourth-order valence-corrected chi connectivity index (χ4v) is 3.96. The molecular formula is C19H30N4O2. The van der Waals surface area contributed by atoms with E-state index in [4.69, 9.17) is 5.11 Å². The van der Waals surface area contributed by atoms with Crippen molar-refractivity contribution in [1.29, 1.82) is 0 Å². The Morgan fingerprint density at radius 1 is 1.12 bits per heavy atom. The van der Waals surface area contributed by atoms with Gasteiger partial charge in [0.1, 0.15) is 5.82 Å². The molecule has 0 aliphatic carbocycles. The van der Waals surface area contributed by atoms with Crippen molar-refractivity contribution in [1.82, 2.24) is 19.8 Å². The van der Waals surface area contributed by atoms with Crippen molar-refractivity contribution in [3.63, 3.8) is 0 Å². The lowest BCUT2D eigenvalue weighted by molar-refractivity contribution is -0.143. The first-order valence-electron chi connectivity index (χ1n) is 9.53. The van der Waals surface area contributed by atoms with E-state index < -0.39 is 5.97 Å². The molecule has 2 aliphatic rings. The second-order valence-electron chi connectivity index (χ2n) is 7.76. The number of carboxylic acid groups (broad SMARTS) is 1. The van der Waals surface area contributed by atoms with E-state index >= 15 is 0 Å². The summed E-state index contributed by atoms with van der Waals surface area (Å²) in [5.74, 6) is 0.521. The van der Waals surface area contributed by atoms with E-state index in [1.807, 2.05) is 12.4 Å². The zero-order chi connectivity index (χ0) is 17.8. The van der Waals surface area contributed by atoms with Gasteiger partial charge in [-0.25, -0.2) is 9.97 Å². The first-order valence-corrected chi connectivity index (χ1v) is 9.53. The maximum atomic E-state index is 11.1. The number of hydrogen-bond acceptors (Lipinski definition) is 5. The quantitative estimate of drug-likeness (QED) is 0.883. The van der Waals surface area contributed by atoms with E-state index in [0.717, 1.165) is 51.4 Å². The predicted octanol–water partition coefficient (Wildman–Crippen LogP) is 2.36. The summed E-state index contributed by atoms with van der Waals surface area (Å²) in [4.78, 5) is 25.0. The lowest BCUT2D eigenvalue weighted by Crippen LogP contribution is -2.48. The summed E-state index contributed by atoms with van der Waals surface area (Å²) in [6.45, 7) is 9.20. The maximum Gasteiger partial charge on any atom is 0.306 e. The Morgan fingerprint density at radius 3 is 2.24 bits per heavy atom. The van der Waals surface area contributed by atoms with Crippen LogP contribution in [0, 0.1) is 5.92 Å². The van der Waals surface area contributed by atoms with E-state index in [-0.39, 0.29) is 5.92 Å². The molecule has 0 unspecified atom stereocenters. The molecule has 1 N–H and O–H groups in total. The summed E-state index contributed by atoms with van der Waals surface area (Å²) >= 11 is 0. The first-order chi connectivity index (χ1) is 12.0. The van der Waals surface area contributed by atoms with Crippen molar-refractivity contribution in [2.75, 3.05) is 26.2 Å². The Labute approximate surface area is 150 Å². The van der Waals surface area contributed by atoms with Crippen molar-refractivity contribution >= 4 is 5.97 Å². The van der Waals surface area contributed by atoms with Crippen LogP contribution in [-0.4, -0.2) is 63.1 Å². The van der Waals surface area contributed by atoms with Crippen LogP contribution in [-0.2, 0) is 11.3 Å². The fourth-order valence-electron chi connectivity index (χ4n) is 3.96. The smallest absolute Gasteiger partial charge is 0.306 e. The molecule has 25 heavy (non-hydrogen) atoms. The second-order valence-corrected chi connectivity index (χ2v) is 7.76. The molecule has 0 saturated carbocycles. The molecule has 0 bridgehead atoms. The highest BCUT2D eigenvalue weighted by Crippen LogP contribution is 2.24. The Kier molecular flexibility index (Phi) is 6.02. The fraction of sp³-hybridized carbons (Fsp3) is 0.737. The van der Waals surface area contributed by atoms with Crippen molar-refractivity contribution in [2.24, 2.45) is 5.92 Å². The van der Waals surface area contributed by atoms with Crippen LogP contribution in [0.5, 0.6) is 0 Å². The van der Waals surface area contributed by atoms with Gasteiger partial charge in [0.15, 0.2) is 0 Å². The van der Waals surface area contributed by atoms with E-state index in [0.29, 0.717) is 12.0 Å². The Hall–Kier alpha value is -1.53. The van der Waals surface area contributed by atoms with Gasteiger partial charge in [-0.05, 0) is 51.9 Å². The molecule has 0 amide bonds. The van der Waals surface area contributed by atoms with Gasteiger partial charge < -0.3 is 10.0 Å². The Bertz CT molecular complexity index is 559. The topological polar surface area (TPSA) is 69.6 Å². The predicted molar refractivity (Wildman–Crippen MR) is 96.4 cm³/mol. The zero-order valence-electron chi connectivity index (χ0n) is 15.4. The van der Waals surface area contributed by atoms with Gasteiger partial charge in [-0.2, -0.15) is 0 Å². The van der Waals surface area contributed by atoms with Gasteiger partial charge in [0.05, 0.1) is 5.92 Å². The number of aliphatic carboxylic acids is 1. The van der Waals surface area contributed by atoms with Crippen LogP contribution < -0.4 is 0 Å². The molecule has 6 nitrogen and oxygen atoms in total. The number of carboxylic acids is 1. The second kappa shape index (κ2) is 8.23. The van der Waals surface area contributed by atoms with Crippen LogP contribution in [0.15, 0.2) is 12.4 Å². The minimum atomic E-state index is -0.625. The van der Waals surface area contributed by atoms with Gasteiger partial charge in [-0.15, -0.1) is 0 Å². The van der Waals surface area contributed by atoms with Crippen LogP contribution >= 0.6 is 0 Å². The molecule has 2 saturated heterocycles. The third kappa shape index (κ3) is 4.76. The SMILES string of the molecule is CC(C)c1ncc(CN2CCC(N3CCC(C(=O)O)CC3)CC2)cn1. The third-order valence-electron chi connectivity index (χ3n) is 5.60. The lowest BCUT2D eigenvalue weighted by Gasteiger charge is -2.41. The lowest BCUT2D eigenvalue weighted by atomic mass is 9.93. The summed E-state index contributed by atoms with van der Waals surface area (Å²) in [5, 5.41) is 9.12. The monoisotopic (exact) mass is 346 g/mol. The first kappa shape index (κ1) is 18.3. The standard InChI is InChI=1S/C19H30N4O2/c1-14(2)18-20-11-15(12-21-18)13-22-7-5-17(6-8-22)23-9-3-16(4-10-23)19(24)25/h11-12,14,16-17H,3-10,13H2,1-2H3,(H,24,25). The largest absolute Gasteiger partial charge is 0.481 e. The summed E-state index contributed by atoms with van der Waals surface area (Å²) in [7, 11) is 0. The molecule has 0 aromatic carbocycles. The highest BCUT2D eigenvalue weighted by Gasteiger charge is 2.30. The van der Waals surface area contributed by atoms with Gasteiger partial charge in [0.2, 0.25) is 0 Å². The minimum absolute atomic E-state index is 0.134. The minimum Gasteiger partial charge on any atom is -0.481 e. The maximum absolute atomic E-state index is 11.1. The van der Waals surface area contributed by atoms with Gasteiger partial charge in [-0.1, -0.05) is 13.8 Å². The number of nitrogens with zero attached hydrogens (tertiary/aromatic N) is 4. The van der Waals surface area contributed by atoms with E-state index in [9.17, 15) is 4.79 Å². The molecule has 138 valence electrons. The van der Waals surface area contributed by atoms with Crippen LogP contribution in [0.2, 0.25) is 0 Å². The molecule has 2 aliphatic heterocycles. The van der Waals surface area contributed by atoms with Crippen LogP contribution in [0.4, 0.5) is 0 Å². The van der Waals surface area contributed by atoms with Gasteiger partial charge in [-0.3, -0.25) is 9.69 Å². The molecule has 3 heterocycles. The average molecular weight is 346 g/mol. The summed E-state index contributed by atoms with van der Waals surface area (Å²) < 4.78 is 0. The van der Waals surface area contributed by atoms with Crippen LogP contribution in [0.1, 0.15) is 56.8 Å². The van der Waals surface area contributed by atoms with Gasteiger partial charge in [0.25, 0.3) is 0 Å². The summed E-state index contributed by atoms with van der Waals surface area (Å²) in [6.07, 6.45) is 7.87. The Morgan fingerprint density at radius 2 is 1.72 bits per heavy atom. The third-order valence-corrected chi connectivity index (χ3v) is 5.60. The van der Waals surface area contributed by atoms with Crippen molar-refractivity contribution in [2.45, 2.75) is 58.0 Å². The van der Waals surface area contributed by atoms with Gasteiger partial charge in [0, 0.05) is 36.5 Å². The summed E-state index contributed by atoms with van der Waals surface area (Å²) in [6, 6.07) is 0.616. The summed E-state index contributed by atoms with van der Waals surface area (Å²) in [5.41, 5.74) is 1.19. The zero-order valence-corrected chi connectivity index (χ0v) is 15.4. The van der Waals surface area contributed by atoms with E-state index in [2.05, 4.69) is 33.6 Å². The number of hydrogen-bond donors (Lipinski definition) is 1. The average Bonchev–Trinajstić information content (AvgIpc) is 2.63. The molecule has 0 radical (unpaired) electrons. The highest BCUT2D eigenvalue weighted by molar-refractivity contribution is 5.70. The number of rotatable bonds is 5. The molecule has 2 fully saturated rings. The number of carbonyl (C=O) groups is 1. The number of likely N-dealkylation sites (tertiary alicyclic amines) is 2. The molecule has 6 heteroatoms. The van der Waals surface area contributed by atoms with Crippen LogP contribution in [0.3, 0.4) is 0 Å². The van der Waals surface area contributed by atoms with E-state index in [1.165, 1.54) is 18.4 Å². The van der Waals surface area contributed by atoms with E-state index in [1.54, 1.807) is 0 Å². The Balaban J connectivity index is 1.43. The van der Waals surface area contributed by atoms with Crippen molar-refractivity contribution < 1.29 is 9.90 Å². The molecule has 1 aromatic rings. The van der Waals surface area contributed by atoms with Gasteiger partial charge >= 0.3 is 5.97 Å². The molecule has 0 atom stereocenters.